The molecule has 4 aromatic heterocycles. The highest BCUT2D eigenvalue weighted by Crippen LogP contribution is 2.45. The Morgan fingerprint density at radius 3 is 1.31 bits per heavy atom. The van der Waals surface area contributed by atoms with E-state index in [0.29, 0.717) is 94.1 Å². The monoisotopic (exact) mass is 1710 g/mol. The van der Waals surface area contributed by atoms with E-state index in [-0.39, 0.29) is 110 Å². The van der Waals surface area contributed by atoms with Crippen LogP contribution in [-0.4, -0.2) is 198 Å². The molecule has 10 heterocycles. The molecule has 0 bridgehead atoms. The van der Waals surface area contributed by atoms with E-state index in [0.717, 1.165) is 108 Å². The molecule has 2 saturated heterocycles. The van der Waals surface area contributed by atoms with E-state index in [9.17, 15) is 48.3 Å². The van der Waals surface area contributed by atoms with Gasteiger partial charge in [-0.1, -0.05) is 70.9 Å². The number of rotatable bonds is 25. The number of halogens is 1. The number of esters is 2. The van der Waals surface area contributed by atoms with E-state index in [2.05, 4.69) is 65.6 Å². The highest BCUT2D eigenvalue weighted by atomic mass is 35.5. The highest BCUT2D eigenvalue weighted by Gasteiger charge is 2.52. The van der Waals surface area contributed by atoms with Gasteiger partial charge in [-0.05, 0) is 169 Å². The molecule has 0 spiro atoms. The van der Waals surface area contributed by atoms with Crippen molar-refractivity contribution in [3.8, 4) is 34.3 Å². The van der Waals surface area contributed by atoms with Crippen LogP contribution < -0.4 is 57.6 Å². The summed E-state index contributed by atoms with van der Waals surface area (Å²) < 4.78 is 36.8. The molecule has 6 aliphatic heterocycles. The second-order valence-electron chi connectivity index (χ2n) is 30.0. The summed E-state index contributed by atoms with van der Waals surface area (Å²) in [6, 6.07) is 28.8. The van der Waals surface area contributed by atoms with Crippen molar-refractivity contribution in [3.05, 3.63) is 162 Å². The number of urea groups is 2. The number of carbonyl (C=O) groups excluding carboxylic acids is 7. The summed E-state index contributed by atoms with van der Waals surface area (Å²) in [7, 11) is 10.4. The molecule has 6 amide bonds. The number of phenolic OH excluding ortho intramolecular Hbond substituents is 1. The third-order valence-corrected chi connectivity index (χ3v) is 26.2. The number of nitrogens with zero attached hydrogens (tertiary/aromatic N) is 8. The minimum atomic E-state index is -1.85. The van der Waals surface area contributed by atoms with Crippen molar-refractivity contribution < 1.29 is 67.1 Å². The SMILES string of the molecule is CCc1c2c(nc3ccc(O)cc13)-c1cc3c(c(=O)n1C2)COC(=O)[C@@]3(CC)OC(=O)NCCSSCCNC(=O)Nc1ccc(N2CCN(C)CC2)cc1.CCc1c2c(nc3ccc(OC(=O)OC(C)(C)C)cc13)-c1cc3c(c(=O)n1C2)COC(=O)[C@@]3(CC)OC(=O)NCCSSCCNC(=O)Nc1ccc(N2CCN(C)CC2)cc1.Cl. The van der Waals surface area contributed by atoms with Crippen molar-refractivity contribution in [2.75, 3.05) is 136 Å². The molecule has 6 aliphatic rings. The van der Waals surface area contributed by atoms with Crippen LogP contribution >= 0.6 is 55.6 Å². The van der Waals surface area contributed by atoms with E-state index in [4.69, 9.17) is 38.4 Å². The first-order valence-corrected chi connectivity index (χ1v) is 44.3. The number of pyridine rings is 4. The van der Waals surface area contributed by atoms with Gasteiger partial charge in [0.15, 0.2) is 0 Å². The summed E-state index contributed by atoms with van der Waals surface area (Å²) in [5.74, 6) is 1.33. The van der Waals surface area contributed by atoms with Gasteiger partial charge in [0.25, 0.3) is 11.1 Å². The van der Waals surface area contributed by atoms with Crippen molar-refractivity contribution in [1.29, 1.82) is 0 Å². The Morgan fingerprint density at radius 2 is 0.915 bits per heavy atom. The predicted molar refractivity (Wildman–Crippen MR) is 464 cm³/mol. The number of likely N-dealkylation sites (N-methyl/N-ethyl adjacent to an activating group) is 2. The number of benzene rings is 4. The normalized spacial score (nSPS) is 17.2. The third kappa shape index (κ3) is 19.4. The van der Waals surface area contributed by atoms with E-state index in [1.165, 1.54) is 21.6 Å². The van der Waals surface area contributed by atoms with Crippen LogP contribution in [0, 0.1) is 0 Å². The van der Waals surface area contributed by atoms with Gasteiger partial charge in [0.2, 0.25) is 11.2 Å². The lowest BCUT2D eigenvalue weighted by molar-refractivity contribution is -0.173. The van der Waals surface area contributed by atoms with Crippen LogP contribution in [0.2, 0.25) is 0 Å². The zero-order valence-electron chi connectivity index (χ0n) is 67.4. The third-order valence-electron chi connectivity index (χ3n) is 21.3. The molecule has 8 aromatic rings. The number of alkyl carbamates (subject to hydrolysis) is 2. The second-order valence-corrected chi connectivity index (χ2v) is 35.4. The minimum absolute atomic E-state index is 0. The van der Waals surface area contributed by atoms with E-state index >= 15 is 0 Å². The lowest BCUT2D eigenvalue weighted by atomic mass is 9.85. The molecule has 0 unspecified atom stereocenters. The molecular weight excluding hydrogens is 1610 g/mol. The topological polar surface area (TPSA) is 350 Å². The molecular formula is C83H99ClN14O16S4. The fourth-order valence-electron chi connectivity index (χ4n) is 15.3. The van der Waals surface area contributed by atoms with E-state index in [1.54, 1.807) is 114 Å². The molecule has 2 atom stereocenters. The first-order valence-electron chi connectivity index (χ1n) is 39.3. The second kappa shape index (κ2) is 38.3. The Hall–Kier alpha value is -10.1. The number of aromatic hydroxyl groups is 1. The molecule has 7 N–H and O–H groups in total. The van der Waals surface area contributed by atoms with Crippen molar-refractivity contribution in [3.63, 3.8) is 0 Å². The number of anilines is 4. The lowest BCUT2D eigenvalue weighted by Gasteiger charge is -2.35. The largest absolute Gasteiger partial charge is 0.514 e. The molecule has 35 heteroatoms. The maximum Gasteiger partial charge on any atom is 0.514 e. The van der Waals surface area contributed by atoms with Gasteiger partial charge in [-0.3, -0.25) is 9.59 Å². The number of hydrogen-bond acceptors (Lipinski definition) is 26. The molecule has 0 saturated carbocycles. The zero-order valence-corrected chi connectivity index (χ0v) is 71.5. The van der Waals surface area contributed by atoms with Crippen molar-refractivity contribution in [2.45, 2.75) is 117 Å². The average molecular weight is 1710 g/mol. The quantitative estimate of drug-likeness (QED) is 0.00918. The number of aromatic nitrogens is 4. The first-order chi connectivity index (χ1) is 56.3. The van der Waals surface area contributed by atoms with Gasteiger partial charge in [-0.25, -0.2) is 43.5 Å². The Balaban J connectivity index is 0.000000217. The number of piperazine rings is 2. The number of carbonyl (C=O) groups is 7. The van der Waals surface area contributed by atoms with Crippen molar-refractivity contribution in [1.82, 2.24) is 50.2 Å². The molecule has 4 aromatic carbocycles. The Morgan fingerprint density at radius 1 is 0.517 bits per heavy atom. The molecule has 14 rings (SSSR count). The van der Waals surface area contributed by atoms with Gasteiger partial charge in [0, 0.05) is 157 Å². The summed E-state index contributed by atoms with van der Waals surface area (Å²) in [5, 5.41) is 28.7. The number of cyclic esters (lactones) is 2. The van der Waals surface area contributed by atoms with Crippen molar-refractivity contribution in [2.24, 2.45) is 0 Å². The van der Waals surface area contributed by atoms with E-state index < -0.39 is 47.1 Å². The Kier molecular flexibility index (Phi) is 28.3. The van der Waals surface area contributed by atoms with Crippen LogP contribution in [0.5, 0.6) is 11.5 Å². The molecule has 0 radical (unpaired) electrons. The van der Waals surface area contributed by atoms with Gasteiger partial charge >= 0.3 is 42.3 Å². The molecule has 0 aliphatic carbocycles. The van der Waals surface area contributed by atoms with Gasteiger partial charge in [0.1, 0.15) is 30.3 Å². The number of nitrogens with one attached hydrogen (secondary N) is 6. The number of phenols is 1. The van der Waals surface area contributed by atoms with Gasteiger partial charge in [-0.2, -0.15) is 0 Å². The summed E-state index contributed by atoms with van der Waals surface area (Å²) in [6.45, 7) is 22.2. The summed E-state index contributed by atoms with van der Waals surface area (Å²) in [5.41, 5.74) is 6.93. The number of hydrogen-bond donors (Lipinski definition) is 7. The summed E-state index contributed by atoms with van der Waals surface area (Å²) in [4.78, 5) is 138. The predicted octanol–water partition coefficient (Wildman–Crippen LogP) is 12.1. The van der Waals surface area contributed by atoms with Gasteiger partial charge in [-0.15, -0.1) is 12.4 Å². The van der Waals surface area contributed by atoms with Crippen LogP contribution in [0.1, 0.15) is 106 Å². The van der Waals surface area contributed by atoms with Crippen LogP contribution in [0.4, 0.5) is 46.7 Å². The average Bonchev–Trinajstić information content (AvgIpc) is 1.50. The van der Waals surface area contributed by atoms with E-state index in [1.807, 2.05) is 62.4 Å². The van der Waals surface area contributed by atoms with Crippen LogP contribution in [0.15, 0.2) is 107 Å². The molecule has 30 nitrogen and oxygen atoms in total. The fraction of sp³-hybridized carbons (Fsp3) is 0.434. The maximum atomic E-state index is 14.1. The lowest BCUT2D eigenvalue weighted by Crippen LogP contribution is -2.49. The Bertz CT molecular complexity index is 5230. The Labute approximate surface area is 705 Å². The molecule has 118 heavy (non-hydrogen) atoms. The van der Waals surface area contributed by atoms with Gasteiger partial charge < -0.3 is 94.2 Å². The molecule has 628 valence electrons. The maximum absolute atomic E-state index is 14.1. The number of ether oxygens (including phenoxy) is 6. The fourth-order valence-corrected chi connectivity index (χ4v) is 18.9. The summed E-state index contributed by atoms with van der Waals surface area (Å²) in [6.07, 6.45) is -1.09. The standard InChI is InChI=1S/C44H53N7O9S2.C39H45N7O7S2.ClH/c1-7-30-31-23-29(58-42(56)60-43(3,4)5)13-14-35(31)48-37-32(30)25-51-36(37)24-34-33(38(51)52)26-57-39(53)44(34,8-2)59-41(55)46-16-22-62-61-21-15-45-40(54)47-27-9-11-28(12-10-27)50-19-17-49(6)18-20-50;1-4-27-28-20-26(47)10-11-32(28)43-34-29(27)22-46-33(34)21-31-30(35(46)48)23-52-36(49)39(31,5-2)53-38(51)41-13-19-55-54-18-12-40-37(50)42-24-6-8-25(9-7-24)45-16-14-44(3)15-17-45;/h9-14,23-24H,7-8,15-22,25-26H2,1-6H3,(H,46,55)(H2,45,47,54);6-11,20-21,47H,4-5,12-19,22-23H2,1-3H3,(H,41,51)(H2,40,42,50);1H/t44-;39-;/m00./s1. The zero-order chi connectivity index (χ0) is 82.9. The smallest absolute Gasteiger partial charge is 0.508 e. The van der Waals surface area contributed by atoms with Crippen molar-refractivity contribution >= 4 is 142 Å². The summed E-state index contributed by atoms with van der Waals surface area (Å²) >= 11 is 0. The first kappa shape index (κ1) is 87.2. The number of amides is 6. The minimum Gasteiger partial charge on any atom is -0.508 e. The van der Waals surface area contributed by atoms with Crippen LogP contribution in [0.25, 0.3) is 44.6 Å². The van der Waals surface area contributed by atoms with Crippen LogP contribution in [-0.2, 0) is 83.6 Å². The van der Waals surface area contributed by atoms with Crippen LogP contribution in [0.3, 0.4) is 0 Å². The highest BCUT2D eigenvalue weighted by molar-refractivity contribution is 8.77. The van der Waals surface area contributed by atoms with Gasteiger partial charge in [0.05, 0.1) is 58.0 Å². The number of fused-ring (bicyclic) bond motifs is 10. The number of aryl methyl sites for hydroxylation is 2. The molecule has 2 fully saturated rings.